The van der Waals surface area contributed by atoms with E-state index in [9.17, 15) is 9.90 Å². The summed E-state index contributed by atoms with van der Waals surface area (Å²) in [5.41, 5.74) is 8.05. The maximum atomic E-state index is 11.7. The Morgan fingerprint density at radius 2 is 2.14 bits per heavy atom. The van der Waals surface area contributed by atoms with Gasteiger partial charge in [-0.15, -0.1) is 0 Å². The number of hydrogen-bond donors (Lipinski definition) is 3. The van der Waals surface area contributed by atoms with E-state index in [-0.39, 0.29) is 11.9 Å². The third kappa shape index (κ3) is 2.51. The molecule has 2 atom stereocenters. The Morgan fingerprint density at radius 3 is 2.76 bits per heavy atom. The van der Waals surface area contributed by atoms with Crippen LogP contribution in [-0.4, -0.2) is 36.4 Å². The van der Waals surface area contributed by atoms with Crippen molar-refractivity contribution >= 4 is 11.6 Å². The highest BCUT2D eigenvalue weighted by Crippen LogP contribution is 2.40. The van der Waals surface area contributed by atoms with Crippen LogP contribution in [-0.2, 0) is 6.42 Å². The molecule has 0 spiro atoms. The number of amides is 1. The number of piperidine rings is 1. The van der Waals surface area contributed by atoms with E-state index in [1.54, 1.807) is 13.0 Å². The lowest BCUT2D eigenvalue weighted by Crippen LogP contribution is -2.46. The molecule has 2 aliphatic heterocycles. The number of primary amides is 1. The van der Waals surface area contributed by atoms with Crippen LogP contribution in [0.15, 0.2) is 18.2 Å². The number of anilines is 1. The lowest BCUT2D eigenvalue weighted by molar-refractivity contribution is 0.0999. The maximum absolute atomic E-state index is 11.7. The Morgan fingerprint density at radius 1 is 1.43 bits per heavy atom. The summed E-state index contributed by atoms with van der Waals surface area (Å²) < 4.78 is 0. The zero-order valence-corrected chi connectivity index (χ0v) is 12.4. The van der Waals surface area contributed by atoms with Crippen LogP contribution in [0.2, 0.25) is 0 Å². The van der Waals surface area contributed by atoms with Gasteiger partial charge in [-0.3, -0.25) is 4.79 Å². The molecule has 1 aromatic carbocycles. The van der Waals surface area contributed by atoms with Gasteiger partial charge in [0.2, 0.25) is 5.91 Å². The summed E-state index contributed by atoms with van der Waals surface area (Å²) in [6.07, 6.45) is 2.44. The van der Waals surface area contributed by atoms with Gasteiger partial charge in [0.25, 0.3) is 0 Å². The van der Waals surface area contributed by atoms with Crippen LogP contribution >= 0.6 is 0 Å². The Labute approximate surface area is 125 Å². The van der Waals surface area contributed by atoms with Gasteiger partial charge in [-0.1, -0.05) is 6.07 Å². The first-order valence-electron chi connectivity index (χ1n) is 7.68. The molecule has 114 valence electrons. The molecule has 2 aliphatic rings. The van der Waals surface area contributed by atoms with Crippen molar-refractivity contribution in [3.05, 3.63) is 29.3 Å². The average Bonchev–Trinajstić information content (AvgIpc) is 2.87. The molecule has 5 heteroatoms. The van der Waals surface area contributed by atoms with E-state index in [0.717, 1.165) is 43.6 Å². The fraction of sp³-hybridized carbons (Fsp3) is 0.562. The molecular weight excluding hydrogens is 266 g/mol. The first-order valence-corrected chi connectivity index (χ1v) is 7.68. The second-order valence-electron chi connectivity index (χ2n) is 6.07. The van der Waals surface area contributed by atoms with Crippen molar-refractivity contribution in [1.82, 2.24) is 5.32 Å². The van der Waals surface area contributed by atoms with Crippen molar-refractivity contribution in [3.8, 4) is 0 Å². The molecular formula is C16H23N3O2. The molecule has 1 fully saturated rings. The second kappa shape index (κ2) is 5.66. The zero-order valence-electron chi connectivity index (χ0n) is 12.4. The summed E-state index contributed by atoms with van der Waals surface area (Å²) in [6, 6.07) is 5.86. The topological polar surface area (TPSA) is 78.6 Å². The first-order chi connectivity index (χ1) is 10.1. The van der Waals surface area contributed by atoms with Crippen LogP contribution in [0.5, 0.6) is 0 Å². The minimum atomic E-state index is -0.561. The van der Waals surface area contributed by atoms with Crippen LogP contribution in [0.1, 0.15) is 35.7 Å². The number of aliphatic hydroxyl groups is 1. The van der Waals surface area contributed by atoms with Gasteiger partial charge in [-0.05, 0) is 62.9 Å². The molecule has 5 nitrogen and oxygen atoms in total. The SMILES string of the molecule is CC(O)N1c2cccc(C(N)=O)c2CC1C1CCNCC1. The van der Waals surface area contributed by atoms with Crippen molar-refractivity contribution < 1.29 is 9.90 Å². The molecule has 1 amide bonds. The van der Waals surface area contributed by atoms with Crippen LogP contribution in [0.3, 0.4) is 0 Å². The molecule has 0 aliphatic carbocycles. The summed E-state index contributed by atoms with van der Waals surface area (Å²) in [6.45, 7) is 3.84. The van der Waals surface area contributed by atoms with E-state index in [2.05, 4.69) is 10.2 Å². The van der Waals surface area contributed by atoms with Crippen molar-refractivity contribution in [1.29, 1.82) is 0 Å². The lowest BCUT2D eigenvalue weighted by atomic mass is 9.87. The fourth-order valence-corrected chi connectivity index (χ4v) is 3.85. The van der Waals surface area contributed by atoms with Crippen LogP contribution < -0.4 is 16.0 Å². The van der Waals surface area contributed by atoms with Crippen LogP contribution in [0.4, 0.5) is 5.69 Å². The number of hydrogen-bond acceptors (Lipinski definition) is 4. The summed E-state index contributed by atoms with van der Waals surface area (Å²) in [5, 5.41) is 13.6. The number of nitrogens with two attached hydrogens (primary N) is 1. The van der Waals surface area contributed by atoms with Crippen molar-refractivity contribution in [2.24, 2.45) is 11.7 Å². The van der Waals surface area contributed by atoms with E-state index in [1.807, 2.05) is 12.1 Å². The summed E-state index contributed by atoms with van der Waals surface area (Å²) in [7, 11) is 0. The smallest absolute Gasteiger partial charge is 0.249 e. The van der Waals surface area contributed by atoms with E-state index < -0.39 is 6.23 Å². The molecule has 0 bridgehead atoms. The third-order valence-electron chi connectivity index (χ3n) is 4.80. The molecule has 2 heterocycles. The van der Waals surface area contributed by atoms with Gasteiger partial charge in [0.1, 0.15) is 6.23 Å². The second-order valence-corrected chi connectivity index (χ2v) is 6.07. The third-order valence-corrected chi connectivity index (χ3v) is 4.80. The Balaban J connectivity index is 1.97. The predicted molar refractivity (Wildman–Crippen MR) is 82.2 cm³/mol. The quantitative estimate of drug-likeness (QED) is 0.771. The standard InChI is InChI=1S/C16H23N3O2/c1-10(20)19-14-4-2-3-12(16(17)21)13(14)9-15(19)11-5-7-18-8-6-11/h2-4,10-11,15,18,20H,5-9H2,1H3,(H2,17,21). The normalized spacial score (nSPS) is 23.9. The van der Waals surface area contributed by atoms with Crippen molar-refractivity contribution in [3.63, 3.8) is 0 Å². The van der Waals surface area contributed by atoms with Gasteiger partial charge < -0.3 is 21.1 Å². The van der Waals surface area contributed by atoms with E-state index in [4.69, 9.17) is 5.73 Å². The monoisotopic (exact) mass is 289 g/mol. The van der Waals surface area contributed by atoms with E-state index in [1.165, 1.54) is 0 Å². The highest BCUT2D eigenvalue weighted by molar-refractivity contribution is 5.96. The van der Waals surface area contributed by atoms with E-state index >= 15 is 0 Å². The number of fused-ring (bicyclic) bond motifs is 1. The van der Waals surface area contributed by atoms with Crippen molar-refractivity contribution in [2.45, 2.75) is 38.5 Å². The molecule has 21 heavy (non-hydrogen) atoms. The maximum Gasteiger partial charge on any atom is 0.249 e. The number of rotatable bonds is 3. The molecule has 1 aromatic rings. The van der Waals surface area contributed by atoms with Gasteiger partial charge in [0.05, 0.1) is 0 Å². The summed E-state index contributed by atoms with van der Waals surface area (Å²) in [4.78, 5) is 13.7. The van der Waals surface area contributed by atoms with Gasteiger partial charge in [-0.2, -0.15) is 0 Å². The lowest BCUT2D eigenvalue weighted by Gasteiger charge is -2.37. The molecule has 0 saturated carbocycles. The van der Waals surface area contributed by atoms with Crippen LogP contribution in [0, 0.1) is 5.92 Å². The van der Waals surface area contributed by atoms with Gasteiger partial charge >= 0.3 is 0 Å². The molecule has 1 saturated heterocycles. The molecule has 0 radical (unpaired) electrons. The molecule has 0 aromatic heterocycles. The number of carbonyl (C=O) groups excluding carboxylic acids is 1. The van der Waals surface area contributed by atoms with E-state index in [0.29, 0.717) is 11.5 Å². The Bertz CT molecular complexity index is 538. The zero-order chi connectivity index (χ0) is 15.0. The highest BCUT2D eigenvalue weighted by Gasteiger charge is 2.38. The van der Waals surface area contributed by atoms with Crippen molar-refractivity contribution in [2.75, 3.05) is 18.0 Å². The molecule has 4 N–H and O–H groups in total. The fourth-order valence-electron chi connectivity index (χ4n) is 3.85. The highest BCUT2D eigenvalue weighted by atomic mass is 16.3. The summed E-state index contributed by atoms with van der Waals surface area (Å²) in [5.74, 6) is 0.150. The molecule has 2 unspecified atom stereocenters. The summed E-state index contributed by atoms with van der Waals surface area (Å²) >= 11 is 0. The number of nitrogens with zero attached hydrogens (tertiary/aromatic N) is 1. The van der Waals surface area contributed by atoms with Gasteiger partial charge in [-0.25, -0.2) is 0 Å². The number of benzene rings is 1. The average molecular weight is 289 g/mol. The number of nitrogens with one attached hydrogen (secondary N) is 1. The number of carbonyl (C=O) groups is 1. The minimum Gasteiger partial charge on any atom is -0.374 e. The predicted octanol–water partition coefficient (Wildman–Crippen LogP) is 0.855. The van der Waals surface area contributed by atoms with Gasteiger partial charge in [0.15, 0.2) is 0 Å². The molecule has 3 rings (SSSR count). The van der Waals surface area contributed by atoms with Crippen LogP contribution in [0.25, 0.3) is 0 Å². The van der Waals surface area contributed by atoms with Gasteiger partial charge in [0, 0.05) is 17.3 Å². The first kappa shape index (κ1) is 14.4. The Hall–Kier alpha value is -1.59. The Kier molecular flexibility index (Phi) is 3.87. The largest absolute Gasteiger partial charge is 0.374 e. The minimum absolute atomic E-state index is 0.252. The number of aliphatic hydroxyl groups excluding tert-OH is 1.